The fraction of sp³-hybridized carbons (Fsp3) is 0.444. The number of nitro benzene ring substituents is 1. The Morgan fingerprint density at radius 1 is 1.32 bits per heavy atom. The summed E-state index contributed by atoms with van der Waals surface area (Å²) in [5.74, 6) is 0.417. The van der Waals surface area contributed by atoms with Crippen molar-refractivity contribution in [1.29, 1.82) is 0 Å². The molecule has 1 heterocycles. The molecule has 7 nitrogen and oxygen atoms in total. The molecule has 0 unspecified atom stereocenters. The zero-order chi connectivity index (χ0) is 18.6. The molecule has 1 N–H and O–H groups in total. The van der Waals surface area contributed by atoms with E-state index in [1.54, 1.807) is 12.1 Å². The summed E-state index contributed by atoms with van der Waals surface area (Å²) in [6, 6.07) is 5.91. The van der Waals surface area contributed by atoms with Crippen LogP contribution in [0.15, 0.2) is 34.1 Å². The number of aliphatic imine (C=N–C) groups is 1. The van der Waals surface area contributed by atoms with Gasteiger partial charge in [0.25, 0.3) is 11.2 Å². The van der Waals surface area contributed by atoms with Gasteiger partial charge in [-0.05, 0) is 31.4 Å². The molecule has 0 saturated heterocycles. The molecule has 7 heteroatoms. The molecule has 0 saturated carbocycles. The van der Waals surface area contributed by atoms with Gasteiger partial charge >= 0.3 is 0 Å². The predicted molar refractivity (Wildman–Crippen MR) is 99.0 cm³/mol. The van der Waals surface area contributed by atoms with Crippen LogP contribution in [0.4, 0.5) is 5.69 Å². The highest BCUT2D eigenvalue weighted by atomic mass is 16.6. The van der Waals surface area contributed by atoms with Gasteiger partial charge in [-0.25, -0.2) is 4.68 Å². The van der Waals surface area contributed by atoms with Gasteiger partial charge in [0.2, 0.25) is 0 Å². The molecule has 0 fully saturated rings. The van der Waals surface area contributed by atoms with E-state index in [1.807, 2.05) is 13.8 Å². The van der Waals surface area contributed by atoms with Gasteiger partial charge in [0.05, 0.1) is 16.2 Å². The molecule has 0 spiro atoms. The molecule has 2 aromatic rings. The lowest BCUT2D eigenvalue weighted by atomic mass is 10.1. The number of aromatic amines is 1. The number of aryl methyl sites for hydroxylation is 1. The first-order valence-corrected chi connectivity index (χ1v) is 8.45. The normalized spacial score (nSPS) is 12.0. The fourth-order valence-electron chi connectivity index (χ4n) is 2.59. The highest BCUT2D eigenvalue weighted by molar-refractivity contribution is 5.99. The van der Waals surface area contributed by atoms with Crippen LogP contribution in [0.3, 0.4) is 0 Å². The third-order valence-electron chi connectivity index (χ3n) is 3.84. The Hall–Kier alpha value is -2.70. The quantitative estimate of drug-likeness (QED) is 0.473. The van der Waals surface area contributed by atoms with Crippen LogP contribution in [0.25, 0.3) is 5.69 Å². The van der Waals surface area contributed by atoms with E-state index in [-0.39, 0.29) is 11.2 Å². The average molecular weight is 344 g/mol. The summed E-state index contributed by atoms with van der Waals surface area (Å²) >= 11 is 0. The second kappa shape index (κ2) is 7.92. The summed E-state index contributed by atoms with van der Waals surface area (Å²) in [6.07, 6.45) is 1.63. The lowest BCUT2D eigenvalue weighted by molar-refractivity contribution is -0.384. The molecule has 1 aromatic carbocycles. The van der Waals surface area contributed by atoms with Crippen molar-refractivity contribution in [2.24, 2.45) is 10.9 Å². The molecule has 0 aliphatic carbocycles. The van der Waals surface area contributed by atoms with E-state index in [0.29, 0.717) is 23.7 Å². The van der Waals surface area contributed by atoms with Crippen LogP contribution >= 0.6 is 0 Å². The molecule has 25 heavy (non-hydrogen) atoms. The molecule has 0 radical (unpaired) electrons. The minimum absolute atomic E-state index is 0.00737. The Bertz CT molecular complexity index is 829. The molecule has 134 valence electrons. The summed E-state index contributed by atoms with van der Waals surface area (Å²) in [5.41, 5.74) is 2.54. The summed E-state index contributed by atoms with van der Waals surface area (Å²) in [6.45, 7) is 8.73. The Kier molecular flexibility index (Phi) is 5.90. The largest absolute Gasteiger partial charge is 0.294 e. The molecule has 1 aromatic heterocycles. The molecule has 2 rings (SSSR count). The Balaban J connectivity index is 2.50. The van der Waals surface area contributed by atoms with E-state index in [1.165, 1.54) is 16.8 Å². The van der Waals surface area contributed by atoms with Gasteiger partial charge in [-0.2, -0.15) is 0 Å². The van der Waals surface area contributed by atoms with E-state index in [9.17, 15) is 14.9 Å². The van der Waals surface area contributed by atoms with Crippen LogP contribution in [0.1, 0.15) is 45.4 Å². The first-order chi connectivity index (χ1) is 11.8. The Morgan fingerprint density at radius 3 is 2.48 bits per heavy atom. The number of benzene rings is 1. The average Bonchev–Trinajstić information content (AvgIpc) is 2.89. The van der Waals surface area contributed by atoms with E-state index in [4.69, 9.17) is 0 Å². The monoisotopic (exact) mass is 344 g/mol. The summed E-state index contributed by atoms with van der Waals surface area (Å²) in [4.78, 5) is 27.8. The molecular formula is C18H24N4O3. The molecule has 0 aliphatic heterocycles. The fourth-order valence-corrected chi connectivity index (χ4v) is 2.59. The molecular weight excluding hydrogens is 320 g/mol. The van der Waals surface area contributed by atoms with Crippen LogP contribution < -0.4 is 5.56 Å². The van der Waals surface area contributed by atoms with Crippen molar-refractivity contribution in [1.82, 2.24) is 9.78 Å². The second-order valence-corrected chi connectivity index (χ2v) is 6.45. The van der Waals surface area contributed by atoms with Crippen LogP contribution in [-0.2, 0) is 6.42 Å². The zero-order valence-corrected chi connectivity index (χ0v) is 15.1. The third kappa shape index (κ3) is 4.23. The van der Waals surface area contributed by atoms with Gasteiger partial charge in [-0.15, -0.1) is 0 Å². The van der Waals surface area contributed by atoms with Crippen molar-refractivity contribution in [2.75, 3.05) is 6.54 Å². The van der Waals surface area contributed by atoms with Gasteiger partial charge < -0.3 is 0 Å². The standard InChI is InChI=1S/C18H24N4O3/c1-5-6-16-17(13(4)19-11-12(2)3)18(23)21(20-16)14-7-9-15(10-8-14)22(24)25/h7-10,12,20H,5-6,11H2,1-4H3. The van der Waals surface area contributed by atoms with Crippen molar-refractivity contribution in [3.8, 4) is 5.69 Å². The van der Waals surface area contributed by atoms with Crippen molar-refractivity contribution in [3.05, 3.63) is 56.0 Å². The van der Waals surface area contributed by atoms with Crippen molar-refractivity contribution in [3.63, 3.8) is 0 Å². The van der Waals surface area contributed by atoms with E-state index < -0.39 is 4.92 Å². The first kappa shape index (κ1) is 18.6. The number of nitrogens with zero attached hydrogens (tertiary/aromatic N) is 3. The maximum atomic E-state index is 12.9. The van der Waals surface area contributed by atoms with E-state index in [2.05, 4.69) is 23.9 Å². The lowest BCUT2D eigenvalue weighted by Crippen LogP contribution is -2.20. The Labute approximate surface area is 146 Å². The maximum Gasteiger partial charge on any atom is 0.280 e. The number of nitro groups is 1. The second-order valence-electron chi connectivity index (χ2n) is 6.45. The van der Waals surface area contributed by atoms with Crippen LogP contribution in [0.2, 0.25) is 0 Å². The Morgan fingerprint density at radius 2 is 1.96 bits per heavy atom. The summed E-state index contributed by atoms with van der Waals surface area (Å²) in [5, 5.41) is 13.9. The number of rotatable bonds is 7. The summed E-state index contributed by atoms with van der Waals surface area (Å²) < 4.78 is 1.43. The van der Waals surface area contributed by atoms with Gasteiger partial charge in [0.1, 0.15) is 0 Å². The van der Waals surface area contributed by atoms with Gasteiger partial charge in [0.15, 0.2) is 0 Å². The third-order valence-corrected chi connectivity index (χ3v) is 3.84. The molecule has 0 aliphatic rings. The van der Waals surface area contributed by atoms with Gasteiger partial charge in [-0.1, -0.05) is 27.2 Å². The minimum Gasteiger partial charge on any atom is -0.294 e. The maximum absolute atomic E-state index is 12.9. The highest BCUT2D eigenvalue weighted by Crippen LogP contribution is 2.15. The van der Waals surface area contributed by atoms with Gasteiger partial charge in [-0.3, -0.25) is 25.0 Å². The number of nitrogens with one attached hydrogen (secondary N) is 1. The summed E-state index contributed by atoms with van der Waals surface area (Å²) in [7, 11) is 0. The van der Waals surface area contributed by atoms with Crippen LogP contribution in [-0.4, -0.2) is 27.0 Å². The minimum atomic E-state index is -0.460. The topological polar surface area (TPSA) is 93.3 Å². The number of hydrogen-bond donors (Lipinski definition) is 1. The number of H-pyrrole nitrogens is 1. The van der Waals surface area contributed by atoms with Crippen LogP contribution in [0, 0.1) is 16.0 Å². The number of non-ortho nitro benzene ring substituents is 1. The molecule has 0 bridgehead atoms. The lowest BCUT2D eigenvalue weighted by Gasteiger charge is -2.03. The van der Waals surface area contributed by atoms with Crippen LogP contribution in [0.5, 0.6) is 0 Å². The van der Waals surface area contributed by atoms with E-state index >= 15 is 0 Å². The smallest absolute Gasteiger partial charge is 0.280 e. The molecule has 0 atom stereocenters. The number of hydrogen-bond acceptors (Lipinski definition) is 4. The zero-order valence-electron chi connectivity index (χ0n) is 15.1. The molecule has 0 amide bonds. The van der Waals surface area contributed by atoms with Gasteiger partial charge in [0, 0.05) is 30.1 Å². The predicted octanol–water partition coefficient (Wildman–Crippen LogP) is 3.49. The van der Waals surface area contributed by atoms with Crippen molar-refractivity contribution in [2.45, 2.75) is 40.5 Å². The first-order valence-electron chi connectivity index (χ1n) is 8.45. The SMILES string of the molecule is CCCc1[nH]n(-c2ccc([N+](=O)[O-])cc2)c(=O)c1C(C)=NCC(C)C. The van der Waals surface area contributed by atoms with Crippen molar-refractivity contribution < 1.29 is 4.92 Å². The highest BCUT2D eigenvalue weighted by Gasteiger charge is 2.17. The van der Waals surface area contributed by atoms with E-state index in [0.717, 1.165) is 24.2 Å². The van der Waals surface area contributed by atoms with Crippen molar-refractivity contribution >= 4 is 11.4 Å². The number of aromatic nitrogens is 2.